The normalized spacial score (nSPS) is 10.9. The van der Waals surface area contributed by atoms with Crippen molar-refractivity contribution in [1.29, 1.82) is 0 Å². The third kappa shape index (κ3) is 2.42. The van der Waals surface area contributed by atoms with Gasteiger partial charge in [0, 0.05) is 16.4 Å². The number of benzene rings is 1. The van der Waals surface area contributed by atoms with Crippen LogP contribution in [0.3, 0.4) is 0 Å². The van der Waals surface area contributed by atoms with E-state index in [1.165, 1.54) is 5.56 Å². The van der Waals surface area contributed by atoms with Gasteiger partial charge < -0.3 is 0 Å². The number of hydrogen-bond donors (Lipinski definition) is 0. The van der Waals surface area contributed by atoms with E-state index < -0.39 is 0 Å². The molecule has 1 aromatic carbocycles. The van der Waals surface area contributed by atoms with Gasteiger partial charge in [-0.25, -0.2) is 0 Å². The quantitative estimate of drug-likeness (QED) is 0.688. The van der Waals surface area contributed by atoms with Gasteiger partial charge >= 0.3 is 0 Å². The highest BCUT2D eigenvalue weighted by atomic mass is 79.9. The molecule has 0 unspecified atom stereocenters. The standard InChI is InChI=1S/C13H10BrN3S/c14-11-5-3-4-10(8-11)9-18-13-16-15-12-6-1-2-7-17(12)13/h1-8H,9H2. The van der Waals surface area contributed by atoms with Crippen LogP contribution in [0.25, 0.3) is 5.65 Å². The Labute approximate surface area is 117 Å². The van der Waals surface area contributed by atoms with Gasteiger partial charge in [0.1, 0.15) is 0 Å². The average molecular weight is 320 g/mol. The van der Waals surface area contributed by atoms with E-state index >= 15 is 0 Å². The molecule has 5 heteroatoms. The lowest BCUT2D eigenvalue weighted by Crippen LogP contribution is -1.87. The number of nitrogens with zero attached hydrogens (tertiary/aromatic N) is 3. The van der Waals surface area contributed by atoms with E-state index in [0.717, 1.165) is 21.0 Å². The summed E-state index contributed by atoms with van der Waals surface area (Å²) in [6, 6.07) is 14.2. The molecular weight excluding hydrogens is 310 g/mol. The number of thioether (sulfide) groups is 1. The molecule has 2 aromatic heterocycles. The fourth-order valence-corrected chi connectivity index (χ4v) is 3.01. The Bertz CT molecular complexity index is 681. The van der Waals surface area contributed by atoms with E-state index in [1.807, 2.05) is 40.9 Å². The van der Waals surface area contributed by atoms with E-state index in [9.17, 15) is 0 Å². The summed E-state index contributed by atoms with van der Waals surface area (Å²) in [6.07, 6.45) is 1.98. The molecule has 0 amide bonds. The molecule has 0 atom stereocenters. The van der Waals surface area contributed by atoms with Gasteiger partial charge in [0.25, 0.3) is 0 Å². The van der Waals surface area contributed by atoms with E-state index in [4.69, 9.17) is 0 Å². The van der Waals surface area contributed by atoms with Crippen molar-refractivity contribution in [3.8, 4) is 0 Å². The van der Waals surface area contributed by atoms with Crippen LogP contribution in [0.1, 0.15) is 5.56 Å². The summed E-state index contributed by atoms with van der Waals surface area (Å²) < 4.78 is 3.11. The van der Waals surface area contributed by atoms with Crippen molar-refractivity contribution < 1.29 is 0 Å². The summed E-state index contributed by atoms with van der Waals surface area (Å²) >= 11 is 5.17. The summed E-state index contributed by atoms with van der Waals surface area (Å²) in [6.45, 7) is 0. The van der Waals surface area contributed by atoms with Gasteiger partial charge in [-0.2, -0.15) is 0 Å². The fraction of sp³-hybridized carbons (Fsp3) is 0.0769. The maximum absolute atomic E-state index is 4.20. The van der Waals surface area contributed by atoms with Gasteiger partial charge in [0.15, 0.2) is 10.8 Å². The zero-order chi connectivity index (χ0) is 12.4. The smallest absolute Gasteiger partial charge is 0.195 e. The van der Waals surface area contributed by atoms with Crippen LogP contribution >= 0.6 is 27.7 Å². The molecule has 0 bridgehead atoms. The highest BCUT2D eigenvalue weighted by Gasteiger charge is 2.05. The third-order valence-corrected chi connectivity index (χ3v) is 4.05. The van der Waals surface area contributed by atoms with E-state index in [2.05, 4.69) is 38.3 Å². The minimum absolute atomic E-state index is 0.884. The molecule has 0 aliphatic heterocycles. The lowest BCUT2D eigenvalue weighted by atomic mass is 10.2. The fourth-order valence-electron chi connectivity index (χ4n) is 1.69. The van der Waals surface area contributed by atoms with Crippen molar-refractivity contribution in [2.75, 3.05) is 0 Å². The number of aromatic nitrogens is 3. The first-order valence-electron chi connectivity index (χ1n) is 5.50. The van der Waals surface area contributed by atoms with Gasteiger partial charge in [0.05, 0.1) is 0 Å². The van der Waals surface area contributed by atoms with Crippen LogP contribution in [0.2, 0.25) is 0 Å². The van der Waals surface area contributed by atoms with Gasteiger partial charge in [0.2, 0.25) is 0 Å². The first-order valence-corrected chi connectivity index (χ1v) is 7.28. The Hall–Kier alpha value is -1.33. The molecule has 18 heavy (non-hydrogen) atoms. The number of pyridine rings is 1. The molecule has 0 spiro atoms. The summed E-state index contributed by atoms with van der Waals surface area (Å²) in [5.74, 6) is 0.884. The van der Waals surface area contributed by atoms with Gasteiger partial charge in [-0.15, -0.1) is 10.2 Å². The minimum Gasteiger partial charge on any atom is -0.277 e. The molecule has 3 rings (SSSR count). The molecule has 2 heterocycles. The lowest BCUT2D eigenvalue weighted by Gasteiger charge is -2.01. The molecule has 0 saturated heterocycles. The van der Waals surface area contributed by atoms with Crippen LogP contribution in [0, 0.1) is 0 Å². The highest BCUT2D eigenvalue weighted by molar-refractivity contribution is 9.10. The van der Waals surface area contributed by atoms with Crippen molar-refractivity contribution in [2.24, 2.45) is 0 Å². The largest absolute Gasteiger partial charge is 0.277 e. The Morgan fingerprint density at radius 3 is 2.94 bits per heavy atom. The maximum atomic E-state index is 4.20. The van der Waals surface area contributed by atoms with Crippen molar-refractivity contribution in [3.63, 3.8) is 0 Å². The van der Waals surface area contributed by atoms with Gasteiger partial charge in [-0.05, 0) is 29.8 Å². The summed E-state index contributed by atoms with van der Waals surface area (Å²) in [5.41, 5.74) is 2.15. The molecule has 0 aliphatic rings. The molecule has 3 aromatic rings. The predicted molar refractivity (Wildman–Crippen MR) is 76.7 cm³/mol. The first kappa shape index (κ1) is 11.7. The van der Waals surface area contributed by atoms with E-state index in [-0.39, 0.29) is 0 Å². The molecule has 0 radical (unpaired) electrons. The monoisotopic (exact) mass is 319 g/mol. The van der Waals surface area contributed by atoms with Crippen molar-refractivity contribution in [3.05, 3.63) is 58.7 Å². The first-order chi connectivity index (χ1) is 8.83. The Morgan fingerprint density at radius 2 is 2.06 bits per heavy atom. The zero-order valence-corrected chi connectivity index (χ0v) is 11.9. The Balaban J connectivity index is 1.81. The summed E-state index contributed by atoms with van der Waals surface area (Å²) in [7, 11) is 0. The van der Waals surface area contributed by atoms with Crippen molar-refractivity contribution >= 4 is 33.3 Å². The maximum Gasteiger partial charge on any atom is 0.195 e. The summed E-state index contributed by atoms with van der Waals surface area (Å²) in [5, 5.41) is 9.25. The van der Waals surface area contributed by atoms with Crippen LogP contribution in [-0.2, 0) is 5.75 Å². The van der Waals surface area contributed by atoms with Crippen LogP contribution < -0.4 is 0 Å². The van der Waals surface area contributed by atoms with Crippen molar-refractivity contribution in [1.82, 2.24) is 14.6 Å². The van der Waals surface area contributed by atoms with Crippen LogP contribution in [0.5, 0.6) is 0 Å². The SMILES string of the molecule is Brc1cccc(CSc2nnc3ccccn23)c1. The third-order valence-electron chi connectivity index (χ3n) is 2.54. The van der Waals surface area contributed by atoms with Gasteiger partial charge in [-0.1, -0.05) is 45.9 Å². The number of fused-ring (bicyclic) bond motifs is 1. The second kappa shape index (κ2) is 5.12. The minimum atomic E-state index is 0.884. The topological polar surface area (TPSA) is 30.2 Å². The van der Waals surface area contributed by atoms with E-state index in [0.29, 0.717) is 0 Å². The number of halogens is 1. The molecule has 3 nitrogen and oxygen atoms in total. The number of hydrogen-bond acceptors (Lipinski definition) is 3. The molecule has 0 saturated carbocycles. The van der Waals surface area contributed by atoms with Crippen LogP contribution in [-0.4, -0.2) is 14.6 Å². The van der Waals surface area contributed by atoms with Gasteiger partial charge in [-0.3, -0.25) is 4.40 Å². The molecule has 0 aliphatic carbocycles. The lowest BCUT2D eigenvalue weighted by molar-refractivity contribution is 0.921. The second-order valence-electron chi connectivity index (χ2n) is 3.83. The predicted octanol–water partition coefficient (Wildman–Crippen LogP) is 3.78. The Kier molecular flexibility index (Phi) is 3.34. The Morgan fingerprint density at radius 1 is 1.11 bits per heavy atom. The van der Waals surface area contributed by atoms with Crippen LogP contribution in [0.4, 0.5) is 0 Å². The van der Waals surface area contributed by atoms with Crippen LogP contribution in [0.15, 0.2) is 58.3 Å². The number of rotatable bonds is 3. The molecule has 90 valence electrons. The molecule has 0 fully saturated rings. The van der Waals surface area contributed by atoms with Crippen molar-refractivity contribution in [2.45, 2.75) is 10.9 Å². The molecular formula is C13H10BrN3S. The highest BCUT2D eigenvalue weighted by Crippen LogP contribution is 2.23. The van der Waals surface area contributed by atoms with E-state index in [1.54, 1.807) is 11.8 Å². The molecule has 0 N–H and O–H groups in total. The summed E-state index contributed by atoms with van der Waals surface area (Å²) in [4.78, 5) is 0. The second-order valence-corrected chi connectivity index (χ2v) is 5.69. The average Bonchev–Trinajstić information content (AvgIpc) is 2.80. The zero-order valence-electron chi connectivity index (χ0n) is 9.45.